The molecule has 1 spiro atoms. The Balaban J connectivity index is 1.48. The van der Waals surface area contributed by atoms with Crippen LogP contribution in [-0.4, -0.2) is 39.9 Å². The van der Waals surface area contributed by atoms with Crippen LogP contribution in [0.15, 0.2) is 23.1 Å². The van der Waals surface area contributed by atoms with Crippen molar-refractivity contribution >= 4 is 23.5 Å². The first-order valence-electron chi connectivity index (χ1n) is 9.47. The molecule has 1 heterocycles. The molecule has 1 saturated carbocycles. The normalized spacial score (nSPS) is 19.6. The van der Waals surface area contributed by atoms with Crippen molar-refractivity contribution in [2.45, 2.75) is 69.1 Å². The molecule has 148 valence electrons. The zero-order valence-electron chi connectivity index (χ0n) is 16.5. The van der Waals surface area contributed by atoms with Gasteiger partial charge in [0.05, 0.1) is 4.92 Å². The van der Waals surface area contributed by atoms with Crippen LogP contribution in [0.25, 0.3) is 0 Å². The molecule has 1 aromatic rings. The molecule has 6 nitrogen and oxygen atoms in total. The summed E-state index contributed by atoms with van der Waals surface area (Å²) in [6.45, 7) is 9.00. The molecule has 3 rings (SSSR count). The summed E-state index contributed by atoms with van der Waals surface area (Å²) in [6.07, 6.45) is 4.15. The maximum Gasteiger partial charge on any atom is 0.410 e. The van der Waals surface area contributed by atoms with Crippen molar-refractivity contribution in [2.75, 3.05) is 13.1 Å². The van der Waals surface area contributed by atoms with Crippen LogP contribution in [0, 0.1) is 22.5 Å². The van der Waals surface area contributed by atoms with Crippen molar-refractivity contribution in [2.24, 2.45) is 5.41 Å². The molecule has 0 bridgehead atoms. The summed E-state index contributed by atoms with van der Waals surface area (Å²) in [4.78, 5) is 25.7. The van der Waals surface area contributed by atoms with Gasteiger partial charge in [0.2, 0.25) is 0 Å². The number of benzene rings is 1. The first-order valence-corrected chi connectivity index (χ1v) is 10.3. The molecule has 2 aliphatic rings. The number of piperidine rings is 1. The summed E-state index contributed by atoms with van der Waals surface area (Å²) in [5.41, 5.74) is 0.794. The van der Waals surface area contributed by atoms with E-state index in [1.807, 2.05) is 49.6 Å². The molecule has 2 fully saturated rings. The number of rotatable bonds is 3. The van der Waals surface area contributed by atoms with E-state index in [1.165, 1.54) is 0 Å². The van der Waals surface area contributed by atoms with E-state index < -0.39 is 5.60 Å². The highest BCUT2D eigenvalue weighted by Crippen LogP contribution is 2.54. The summed E-state index contributed by atoms with van der Waals surface area (Å²) in [5.74, 6) is 0. The second-order valence-corrected chi connectivity index (χ2v) is 10.2. The monoisotopic (exact) mass is 392 g/mol. The molecule has 0 radical (unpaired) electrons. The van der Waals surface area contributed by atoms with Gasteiger partial charge in [-0.1, -0.05) is 0 Å². The largest absolute Gasteiger partial charge is 0.444 e. The SMILES string of the molecule is Cc1cc(SC2CC3(CCN(C(=O)OC(C)(C)C)CC3)C2)ccc1[N+](=O)[O-]. The minimum atomic E-state index is -0.451. The van der Waals surface area contributed by atoms with Crippen LogP contribution in [-0.2, 0) is 4.74 Å². The lowest BCUT2D eigenvalue weighted by molar-refractivity contribution is -0.385. The maximum atomic E-state index is 12.2. The van der Waals surface area contributed by atoms with Crippen molar-refractivity contribution in [3.05, 3.63) is 33.9 Å². The summed E-state index contributed by atoms with van der Waals surface area (Å²) in [7, 11) is 0. The molecule has 0 aromatic heterocycles. The number of carbonyl (C=O) groups excluding carboxylic acids is 1. The molecular formula is C20H28N2O4S. The average Bonchev–Trinajstić information content (AvgIpc) is 2.52. The van der Waals surface area contributed by atoms with E-state index in [9.17, 15) is 14.9 Å². The molecule has 1 amide bonds. The predicted molar refractivity (Wildman–Crippen MR) is 106 cm³/mol. The van der Waals surface area contributed by atoms with Gasteiger partial charge in [-0.2, -0.15) is 0 Å². The van der Waals surface area contributed by atoms with Gasteiger partial charge in [-0.15, -0.1) is 11.8 Å². The van der Waals surface area contributed by atoms with E-state index in [1.54, 1.807) is 13.0 Å². The lowest BCUT2D eigenvalue weighted by atomic mass is 9.63. The molecule has 0 unspecified atom stereocenters. The summed E-state index contributed by atoms with van der Waals surface area (Å²) >= 11 is 1.82. The van der Waals surface area contributed by atoms with Gasteiger partial charge >= 0.3 is 6.09 Å². The quantitative estimate of drug-likeness (QED) is 0.524. The molecule has 1 aliphatic heterocycles. The zero-order valence-corrected chi connectivity index (χ0v) is 17.3. The third-order valence-electron chi connectivity index (χ3n) is 5.46. The fourth-order valence-electron chi connectivity index (χ4n) is 3.99. The Bertz CT molecular complexity index is 728. The second kappa shape index (κ2) is 7.34. The smallest absolute Gasteiger partial charge is 0.410 e. The zero-order chi connectivity index (χ0) is 19.8. The maximum absolute atomic E-state index is 12.2. The number of likely N-dealkylation sites (tertiary alicyclic amines) is 1. The minimum Gasteiger partial charge on any atom is -0.444 e. The van der Waals surface area contributed by atoms with Crippen LogP contribution in [0.4, 0.5) is 10.5 Å². The van der Waals surface area contributed by atoms with Gasteiger partial charge < -0.3 is 9.64 Å². The molecule has 1 aromatic carbocycles. The lowest BCUT2D eigenvalue weighted by Gasteiger charge is -2.52. The van der Waals surface area contributed by atoms with Crippen LogP contribution in [0.3, 0.4) is 0 Å². The number of nitro benzene ring substituents is 1. The Morgan fingerprint density at radius 3 is 2.44 bits per heavy atom. The van der Waals surface area contributed by atoms with Gasteiger partial charge in [-0.25, -0.2) is 4.79 Å². The van der Waals surface area contributed by atoms with Crippen molar-refractivity contribution in [3.8, 4) is 0 Å². The average molecular weight is 393 g/mol. The Morgan fingerprint density at radius 2 is 1.93 bits per heavy atom. The molecule has 0 N–H and O–H groups in total. The van der Waals surface area contributed by atoms with E-state index >= 15 is 0 Å². The Morgan fingerprint density at radius 1 is 1.30 bits per heavy atom. The summed E-state index contributed by atoms with van der Waals surface area (Å²) in [6, 6.07) is 5.37. The summed E-state index contributed by atoms with van der Waals surface area (Å²) < 4.78 is 5.47. The minimum absolute atomic E-state index is 0.180. The van der Waals surface area contributed by atoms with E-state index in [0.717, 1.165) is 43.7 Å². The third-order valence-corrected chi connectivity index (χ3v) is 6.66. The van der Waals surface area contributed by atoms with Gasteiger partial charge in [0.1, 0.15) is 5.60 Å². The van der Waals surface area contributed by atoms with Gasteiger partial charge in [0.15, 0.2) is 0 Å². The molecule has 7 heteroatoms. The van der Waals surface area contributed by atoms with Gasteiger partial charge in [0.25, 0.3) is 5.69 Å². The number of carbonyl (C=O) groups is 1. The van der Waals surface area contributed by atoms with Crippen molar-refractivity contribution < 1.29 is 14.5 Å². The number of hydrogen-bond donors (Lipinski definition) is 0. The number of ether oxygens (including phenoxy) is 1. The highest BCUT2D eigenvalue weighted by atomic mass is 32.2. The molecular weight excluding hydrogens is 364 g/mol. The van der Waals surface area contributed by atoms with E-state index in [0.29, 0.717) is 16.2 Å². The highest BCUT2D eigenvalue weighted by Gasteiger charge is 2.47. The molecule has 0 atom stereocenters. The number of nitro groups is 1. The number of aryl methyl sites for hydroxylation is 1. The van der Waals surface area contributed by atoms with Gasteiger partial charge in [-0.3, -0.25) is 10.1 Å². The van der Waals surface area contributed by atoms with Crippen LogP contribution in [0.1, 0.15) is 52.0 Å². The highest BCUT2D eigenvalue weighted by molar-refractivity contribution is 8.00. The first-order chi connectivity index (χ1) is 12.6. The van der Waals surface area contributed by atoms with Crippen molar-refractivity contribution in [3.63, 3.8) is 0 Å². The van der Waals surface area contributed by atoms with Crippen molar-refractivity contribution in [1.82, 2.24) is 4.90 Å². The van der Waals surface area contributed by atoms with E-state index in [-0.39, 0.29) is 16.7 Å². The molecule has 1 saturated heterocycles. The fourth-order valence-corrected chi connectivity index (χ4v) is 5.64. The van der Waals surface area contributed by atoms with Gasteiger partial charge in [0, 0.05) is 34.9 Å². The topological polar surface area (TPSA) is 72.7 Å². The Kier molecular flexibility index (Phi) is 5.43. The van der Waals surface area contributed by atoms with Crippen molar-refractivity contribution in [1.29, 1.82) is 0 Å². The van der Waals surface area contributed by atoms with Crippen LogP contribution in [0.2, 0.25) is 0 Å². The second-order valence-electron chi connectivity index (χ2n) is 8.82. The van der Waals surface area contributed by atoms with Crippen LogP contribution >= 0.6 is 11.8 Å². The molecule has 27 heavy (non-hydrogen) atoms. The Hall–Kier alpha value is -1.76. The lowest BCUT2D eigenvalue weighted by Crippen LogP contribution is -2.50. The van der Waals surface area contributed by atoms with E-state index in [4.69, 9.17) is 4.74 Å². The summed E-state index contributed by atoms with van der Waals surface area (Å²) in [5, 5.41) is 11.5. The standard InChI is InChI=1S/C20H28N2O4S/c1-14-11-15(5-6-17(14)22(24)25)27-16-12-20(13-16)7-9-21(10-8-20)18(23)26-19(2,3)4/h5-6,11,16H,7-10,12-13H2,1-4H3. The first kappa shape index (κ1) is 20.0. The fraction of sp³-hybridized carbons (Fsp3) is 0.650. The van der Waals surface area contributed by atoms with Crippen LogP contribution in [0.5, 0.6) is 0 Å². The van der Waals surface area contributed by atoms with Gasteiger partial charge in [-0.05, 0) is 70.9 Å². The molecule has 1 aliphatic carbocycles. The number of hydrogen-bond acceptors (Lipinski definition) is 5. The number of nitrogens with zero attached hydrogens (tertiary/aromatic N) is 2. The third kappa shape index (κ3) is 4.75. The van der Waals surface area contributed by atoms with Crippen LogP contribution < -0.4 is 0 Å². The number of thioether (sulfide) groups is 1. The Labute approximate surface area is 164 Å². The predicted octanol–water partition coefficient (Wildman–Crippen LogP) is 5.18. The van der Waals surface area contributed by atoms with E-state index in [2.05, 4.69) is 0 Å². The number of amides is 1.